The average Bonchev–Trinajstić information content (AvgIpc) is 4.13. The van der Waals surface area contributed by atoms with Crippen molar-refractivity contribution in [1.82, 2.24) is 0 Å². The van der Waals surface area contributed by atoms with E-state index in [9.17, 15) is 15.3 Å². The summed E-state index contributed by atoms with van der Waals surface area (Å²) in [5.74, 6) is -0.171. The first kappa shape index (κ1) is 38.6. The Kier molecular flexibility index (Phi) is 8.79. The lowest BCUT2D eigenvalue weighted by Gasteiger charge is -2.30. The monoisotopic (exact) mass is 845 g/mol. The van der Waals surface area contributed by atoms with Crippen molar-refractivity contribution in [3.8, 4) is 54.6 Å². The molecule has 0 saturated heterocycles. The molecular formula is C57H39N3OS2. The second-order valence-corrected chi connectivity index (χ2v) is 19.7. The van der Waals surface area contributed by atoms with Crippen LogP contribution in [-0.4, -0.2) is 5.78 Å². The minimum Gasteiger partial charge on any atom is -0.310 e. The minimum absolute atomic E-state index is 0.0576. The standard InChI is InChI=1S/C57H39N3OS2/c1-56(2)47-15-9-7-11-40(47)42-24-21-37(29-49(42)56)60(38-22-25-43-41-12-8-10-16-48(41)57(3,4)50(43)30-38)36-19-17-34(18-20-36)51-27-28-53(63-51)52-26-23-39(62-52)31-46-54(35(32-58)33-59)44-13-5-6-14-45(44)55(46)61/h5-31H,1-4H3/b46-31-. The summed E-state index contributed by atoms with van der Waals surface area (Å²) in [6, 6.07) is 60.1. The van der Waals surface area contributed by atoms with Crippen molar-refractivity contribution in [2.24, 2.45) is 0 Å². The Balaban J connectivity index is 0.940. The SMILES string of the molecule is CC1(C)c2ccccc2-c2ccc(N(c3ccc(-c4ccc(-c5ccc(/C=C6\C(=O)c7ccccc7C6=C(C#N)C#N)s5)s4)cc3)c3ccc4c(c3)C(C)(C)c3ccccc3-4)cc21. The third kappa shape index (κ3) is 5.94. The fourth-order valence-corrected chi connectivity index (χ4v) is 12.1. The van der Waals surface area contributed by atoms with Crippen LogP contribution in [0.15, 0.2) is 169 Å². The topological polar surface area (TPSA) is 67.9 Å². The van der Waals surface area contributed by atoms with Crippen LogP contribution >= 0.6 is 22.7 Å². The van der Waals surface area contributed by atoms with Crippen LogP contribution in [0.25, 0.3) is 54.1 Å². The summed E-state index contributed by atoms with van der Waals surface area (Å²) in [6.45, 7) is 9.35. The van der Waals surface area contributed by atoms with Gasteiger partial charge < -0.3 is 4.90 Å². The van der Waals surface area contributed by atoms with Crippen LogP contribution in [0.2, 0.25) is 0 Å². The molecule has 6 aromatic carbocycles. The van der Waals surface area contributed by atoms with Gasteiger partial charge in [0, 0.05) is 64.1 Å². The smallest absolute Gasteiger partial charge is 0.194 e. The molecule has 4 nitrogen and oxygen atoms in total. The van der Waals surface area contributed by atoms with Crippen LogP contribution in [0.4, 0.5) is 17.1 Å². The van der Waals surface area contributed by atoms with Gasteiger partial charge in [0.05, 0.1) is 0 Å². The van der Waals surface area contributed by atoms with Gasteiger partial charge in [-0.05, 0) is 122 Å². The quantitative estimate of drug-likeness (QED) is 0.123. The Bertz CT molecular complexity index is 3270. The molecule has 0 saturated carbocycles. The maximum Gasteiger partial charge on any atom is 0.194 e. The van der Waals surface area contributed by atoms with Gasteiger partial charge in [0.2, 0.25) is 0 Å². The molecule has 0 amide bonds. The highest BCUT2D eigenvalue weighted by molar-refractivity contribution is 7.24. The predicted octanol–water partition coefficient (Wildman–Crippen LogP) is 15.3. The van der Waals surface area contributed by atoms with Crippen LogP contribution in [-0.2, 0) is 10.8 Å². The molecule has 63 heavy (non-hydrogen) atoms. The summed E-state index contributed by atoms with van der Waals surface area (Å²) in [4.78, 5) is 20.2. The molecule has 2 heterocycles. The van der Waals surface area contributed by atoms with Gasteiger partial charge in [0.15, 0.2) is 5.78 Å². The molecule has 0 spiro atoms. The molecule has 3 aliphatic rings. The van der Waals surface area contributed by atoms with E-state index in [1.807, 2.05) is 30.3 Å². The van der Waals surface area contributed by atoms with Crippen LogP contribution in [0.3, 0.4) is 0 Å². The first-order valence-corrected chi connectivity index (χ1v) is 22.7. The molecule has 0 N–H and O–H groups in total. The van der Waals surface area contributed by atoms with Crippen LogP contribution in [0.1, 0.15) is 70.7 Å². The van der Waals surface area contributed by atoms with E-state index >= 15 is 0 Å². The summed E-state index contributed by atoms with van der Waals surface area (Å²) >= 11 is 3.32. The number of fused-ring (bicyclic) bond motifs is 7. The number of thiophene rings is 2. The lowest BCUT2D eigenvalue weighted by Crippen LogP contribution is -2.18. The Morgan fingerprint density at radius 3 is 1.57 bits per heavy atom. The van der Waals surface area contributed by atoms with Crippen LogP contribution < -0.4 is 4.90 Å². The number of carbonyl (C=O) groups is 1. The summed E-state index contributed by atoms with van der Waals surface area (Å²) in [6.07, 6.45) is 1.82. The molecule has 0 atom stereocenters. The van der Waals surface area contributed by atoms with E-state index in [0.29, 0.717) is 22.3 Å². The number of benzene rings is 6. The number of carbonyl (C=O) groups excluding carboxylic acids is 1. The third-order valence-corrected chi connectivity index (χ3v) is 15.6. The van der Waals surface area contributed by atoms with E-state index in [-0.39, 0.29) is 22.2 Å². The summed E-state index contributed by atoms with van der Waals surface area (Å²) in [7, 11) is 0. The molecule has 0 radical (unpaired) electrons. The summed E-state index contributed by atoms with van der Waals surface area (Å²) in [5, 5.41) is 19.5. The van der Waals surface area contributed by atoms with Gasteiger partial charge >= 0.3 is 0 Å². The molecule has 0 bridgehead atoms. The number of hydrogen-bond donors (Lipinski definition) is 0. The summed E-state index contributed by atoms with van der Waals surface area (Å²) in [5.41, 5.74) is 16.7. The van der Waals surface area contributed by atoms with Gasteiger partial charge in [-0.1, -0.05) is 125 Å². The van der Waals surface area contributed by atoms with Gasteiger partial charge in [-0.2, -0.15) is 10.5 Å². The highest BCUT2D eigenvalue weighted by Gasteiger charge is 2.38. The maximum atomic E-state index is 13.5. The summed E-state index contributed by atoms with van der Waals surface area (Å²) < 4.78 is 0. The Morgan fingerprint density at radius 1 is 0.508 bits per heavy atom. The molecular weight excluding hydrogens is 807 g/mol. The zero-order valence-electron chi connectivity index (χ0n) is 35.2. The molecule has 8 aromatic rings. The van der Waals surface area contributed by atoms with Gasteiger partial charge in [0.1, 0.15) is 17.7 Å². The van der Waals surface area contributed by atoms with Crippen LogP contribution in [0.5, 0.6) is 0 Å². The Labute approximate surface area is 375 Å². The van der Waals surface area contributed by atoms with Crippen molar-refractivity contribution in [3.05, 3.63) is 207 Å². The van der Waals surface area contributed by atoms with Crippen molar-refractivity contribution in [2.75, 3.05) is 4.90 Å². The normalized spacial score (nSPS) is 15.2. The van der Waals surface area contributed by atoms with Crippen molar-refractivity contribution < 1.29 is 4.79 Å². The van der Waals surface area contributed by atoms with E-state index < -0.39 is 0 Å². The van der Waals surface area contributed by atoms with Gasteiger partial charge in [0.25, 0.3) is 0 Å². The van der Waals surface area contributed by atoms with Crippen molar-refractivity contribution in [3.63, 3.8) is 0 Å². The van der Waals surface area contributed by atoms with E-state index in [2.05, 4.69) is 160 Å². The van der Waals surface area contributed by atoms with E-state index in [4.69, 9.17) is 0 Å². The van der Waals surface area contributed by atoms with E-state index in [1.54, 1.807) is 40.9 Å². The largest absolute Gasteiger partial charge is 0.310 e. The second-order valence-electron chi connectivity index (χ2n) is 17.5. The Hall–Kier alpha value is -7.35. The third-order valence-electron chi connectivity index (χ3n) is 13.3. The highest BCUT2D eigenvalue weighted by atomic mass is 32.1. The van der Waals surface area contributed by atoms with Crippen molar-refractivity contribution in [1.29, 1.82) is 10.5 Å². The Morgan fingerprint density at radius 2 is 0.984 bits per heavy atom. The van der Waals surface area contributed by atoms with E-state index in [0.717, 1.165) is 42.1 Å². The number of nitriles is 2. The fraction of sp³-hybridized carbons (Fsp3) is 0.105. The molecule has 6 heteroatoms. The molecule has 0 aliphatic heterocycles. The zero-order chi connectivity index (χ0) is 43.2. The van der Waals surface area contributed by atoms with Crippen LogP contribution in [0, 0.1) is 22.7 Å². The highest BCUT2D eigenvalue weighted by Crippen LogP contribution is 2.53. The van der Waals surface area contributed by atoms with Crippen molar-refractivity contribution in [2.45, 2.75) is 38.5 Å². The number of rotatable bonds is 6. The first-order chi connectivity index (χ1) is 30.6. The number of nitrogens with zero attached hydrogens (tertiary/aromatic N) is 3. The fourth-order valence-electron chi connectivity index (χ4n) is 10.1. The van der Waals surface area contributed by atoms with Gasteiger partial charge in [-0.3, -0.25) is 4.79 Å². The lowest BCUT2D eigenvalue weighted by molar-refractivity contribution is 0.104. The minimum atomic E-state index is -0.171. The lowest BCUT2D eigenvalue weighted by atomic mass is 9.82. The van der Waals surface area contributed by atoms with Crippen molar-refractivity contribution >= 4 is 57.2 Å². The van der Waals surface area contributed by atoms with Gasteiger partial charge in [-0.25, -0.2) is 0 Å². The maximum absolute atomic E-state index is 13.5. The van der Waals surface area contributed by atoms with Gasteiger partial charge in [-0.15, -0.1) is 22.7 Å². The number of anilines is 3. The molecule has 300 valence electrons. The average molecular weight is 846 g/mol. The number of Topliss-reactive ketones (excluding diaryl/α,β-unsaturated/α-hetero) is 1. The number of hydrogen-bond acceptors (Lipinski definition) is 6. The number of ketones is 1. The zero-order valence-corrected chi connectivity index (χ0v) is 36.8. The predicted molar refractivity (Wildman–Crippen MR) is 260 cm³/mol. The molecule has 3 aliphatic carbocycles. The second kappa shape index (κ2) is 14.4. The molecule has 11 rings (SSSR count). The molecule has 0 fully saturated rings. The molecule has 2 aromatic heterocycles. The number of allylic oxidation sites excluding steroid dienone is 3. The van der Waals surface area contributed by atoms with E-state index in [1.165, 1.54) is 44.5 Å². The molecule has 0 unspecified atom stereocenters. The first-order valence-electron chi connectivity index (χ1n) is 21.1.